The average Bonchev–Trinajstić information content (AvgIpc) is 3.26. The Labute approximate surface area is 399 Å². The van der Waals surface area contributed by atoms with Gasteiger partial charge in [-0.2, -0.15) is 0 Å². The van der Waals surface area contributed by atoms with E-state index in [9.17, 15) is 24.5 Å². The number of rotatable bonds is 45. The predicted molar refractivity (Wildman–Crippen MR) is 278 cm³/mol. The number of phosphoric ester groups is 1. The lowest BCUT2D eigenvalue weighted by atomic mass is 10.0. The van der Waals surface area contributed by atoms with E-state index >= 15 is 0 Å². The number of nitrogens with zero attached hydrogens (tertiary/aromatic N) is 1. The van der Waals surface area contributed by atoms with Gasteiger partial charge >= 0.3 is 7.82 Å². The summed E-state index contributed by atoms with van der Waals surface area (Å²) < 4.78 is 23.5. The molecule has 0 aliphatic heterocycles. The molecule has 0 fully saturated rings. The van der Waals surface area contributed by atoms with E-state index in [0.717, 1.165) is 83.5 Å². The molecule has 10 heteroatoms. The van der Waals surface area contributed by atoms with Crippen LogP contribution in [0.5, 0.6) is 0 Å². The van der Waals surface area contributed by atoms with Crippen molar-refractivity contribution in [3.63, 3.8) is 0 Å². The number of allylic oxidation sites excluding steroid dienone is 16. The number of aliphatic hydroxyl groups excluding tert-OH is 2. The summed E-state index contributed by atoms with van der Waals surface area (Å²) in [5, 5.41) is 24.7. The summed E-state index contributed by atoms with van der Waals surface area (Å²) in [7, 11) is 1.39. The quantitative estimate of drug-likeness (QED) is 0.0207. The molecule has 0 spiro atoms. The Morgan fingerprint density at radius 3 is 1.42 bits per heavy atom. The van der Waals surface area contributed by atoms with Gasteiger partial charge in [-0.3, -0.25) is 13.8 Å². The molecule has 0 aliphatic rings. The van der Waals surface area contributed by atoms with Crippen LogP contribution in [0.4, 0.5) is 0 Å². The maximum Gasteiger partial charge on any atom is 0.472 e. The molecule has 0 radical (unpaired) electrons. The van der Waals surface area contributed by atoms with Crippen LogP contribution in [0.25, 0.3) is 0 Å². The van der Waals surface area contributed by atoms with Gasteiger partial charge in [0.1, 0.15) is 19.3 Å². The van der Waals surface area contributed by atoms with E-state index in [4.69, 9.17) is 9.05 Å². The first kappa shape index (κ1) is 62.4. The van der Waals surface area contributed by atoms with Gasteiger partial charge < -0.3 is 24.9 Å². The lowest BCUT2D eigenvalue weighted by Gasteiger charge is -2.28. The molecule has 1 amide bonds. The fourth-order valence-corrected chi connectivity index (χ4v) is 7.56. The highest BCUT2D eigenvalue weighted by atomic mass is 31.2. The summed E-state index contributed by atoms with van der Waals surface area (Å²) in [6, 6.07) is -1.06. The van der Waals surface area contributed by atoms with Gasteiger partial charge in [-0.1, -0.05) is 182 Å². The zero-order valence-electron chi connectivity index (χ0n) is 42.1. The minimum absolute atomic E-state index is 0.00867. The first-order valence-corrected chi connectivity index (χ1v) is 27.2. The zero-order chi connectivity index (χ0) is 48.0. The van der Waals surface area contributed by atoms with Gasteiger partial charge in [-0.05, 0) is 96.3 Å². The summed E-state index contributed by atoms with van der Waals surface area (Å²) in [6.45, 7) is 4.43. The van der Waals surface area contributed by atoms with E-state index in [1.54, 1.807) is 0 Å². The Morgan fingerprint density at radius 1 is 0.554 bits per heavy atom. The molecule has 4 N–H and O–H groups in total. The smallest absolute Gasteiger partial charge is 0.390 e. The van der Waals surface area contributed by atoms with Crippen molar-refractivity contribution in [2.45, 2.75) is 205 Å². The van der Waals surface area contributed by atoms with Crippen LogP contribution in [0.1, 0.15) is 187 Å². The highest BCUT2D eigenvalue weighted by molar-refractivity contribution is 7.47. The number of phosphoric acid groups is 1. The second kappa shape index (κ2) is 45.2. The third kappa shape index (κ3) is 46.3. The highest BCUT2D eigenvalue weighted by Gasteiger charge is 2.31. The van der Waals surface area contributed by atoms with Crippen molar-refractivity contribution < 1.29 is 38.0 Å². The van der Waals surface area contributed by atoms with E-state index in [-0.39, 0.29) is 18.9 Å². The van der Waals surface area contributed by atoms with Gasteiger partial charge in [0.2, 0.25) is 5.91 Å². The number of hydrogen-bond acceptors (Lipinski definition) is 6. The molecule has 9 nitrogen and oxygen atoms in total. The lowest BCUT2D eigenvalue weighted by Crippen LogP contribution is -2.51. The second-order valence-corrected chi connectivity index (χ2v) is 19.7. The summed E-state index contributed by atoms with van der Waals surface area (Å²) >= 11 is 0. The van der Waals surface area contributed by atoms with Gasteiger partial charge in [0.25, 0.3) is 0 Å². The SMILES string of the molecule is CC/C=C\C/C=C\C/C=C\C/C=C\C/C=C\C/C=C\C/C=C\CCCCCCCCCC(=O)NC(COP(=O)(O)OCC[N+](C)(C)C)C(O)C(O)CCC/C=C/CCCCCCCCC. The van der Waals surface area contributed by atoms with Crippen molar-refractivity contribution in [2.24, 2.45) is 0 Å². The maximum atomic E-state index is 13.0. The average molecular weight is 930 g/mol. The number of quaternary nitrogens is 1. The van der Waals surface area contributed by atoms with E-state index < -0.39 is 32.7 Å². The minimum Gasteiger partial charge on any atom is -0.390 e. The normalized spacial score (nSPS) is 15.4. The number of carbonyl (C=O) groups is 1. The van der Waals surface area contributed by atoms with Gasteiger partial charge in [-0.15, -0.1) is 0 Å². The first-order valence-electron chi connectivity index (χ1n) is 25.7. The van der Waals surface area contributed by atoms with Gasteiger partial charge in [-0.25, -0.2) is 4.57 Å². The fraction of sp³-hybridized carbons (Fsp3) is 0.691. The van der Waals surface area contributed by atoms with Crippen molar-refractivity contribution in [3.8, 4) is 0 Å². The Morgan fingerprint density at radius 2 is 0.954 bits per heavy atom. The summed E-state index contributed by atoms with van der Waals surface area (Å²) in [4.78, 5) is 23.2. The Kier molecular flexibility index (Phi) is 43.4. The van der Waals surface area contributed by atoms with Crippen LogP contribution in [0.2, 0.25) is 0 Å². The number of amides is 1. The molecule has 0 rings (SSSR count). The summed E-state index contributed by atoms with van der Waals surface area (Å²) in [6.07, 6.45) is 60.5. The van der Waals surface area contributed by atoms with E-state index in [1.165, 1.54) is 64.2 Å². The number of aliphatic hydroxyl groups is 2. The molecule has 374 valence electrons. The van der Waals surface area contributed by atoms with Crippen LogP contribution >= 0.6 is 7.82 Å². The molecule has 0 aliphatic carbocycles. The van der Waals surface area contributed by atoms with E-state index in [0.29, 0.717) is 30.3 Å². The first-order chi connectivity index (χ1) is 31.4. The maximum absolute atomic E-state index is 13.0. The summed E-state index contributed by atoms with van der Waals surface area (Å²) in [5.74, 6) is -0.285. The summed E-state index contributed by atoms with van der Waals surface area (Å²) in [5.41, 5.74) is 0. The van der Waals surface area contributed by atoms with Crippen LogP contribution in [-0.2, 0) is 18.4 Å². The predicted octanol–water partition coefficient (Wildman–Crippen LogP) is 14.1. The van der Waals surface area contributed by atoms with Crippen molar-refractivity contribution in [2.75, 3.05) is 40.9 Å². The van der Waals surface area contributed by atoms with Crippen LogP contribution in [-0.4, -0.2) is 84.6 Å². The number of carbonyl (C=O) groups excluding carboxylic acids is 1. The van der Waals surface area contributed by atoms with Crippen molar-refractivity contribution in [1.82, 2.24) is 5.32 Å². The Bertz CT molecular complexity index is 1390. The van der Waals surface area contributed by atoms with Gasteiger partial charge in [0.15, 0.2) is 0 Å². The molecule has 65 heavy (non-hydrogen) atoms. The third-order valence-electron chi connectivity index (χ3n) is 10.9. The van der Waals surface area contributed by atoms with E-state index in [1.807, 2.05) is 21.1 Å². The lowest BCUT2D eigenvalue weighted by molar-refractivity contribution is -0.870. The minimum atomic E-state index is -4.44. The number of nitrogens with one attached hydrogen (secondary N) is 1. The monoisotopic (exact) mass is 930 g/mol. The standard InChI is InChI=1S/C55H97N2O7P/c1-6-8-10-12-14-16-18-20-21-22-23-24-25-26-27-28-29-30-31-32-33-34-35-36-38-40-42-44-46-48-54(59)56-52(51-64-65(61,62)63-50-49-57(3,4)5)55(60)53(58)47-45-43-41-39-37-19-17-15-13-11-9-7-2/h8,10,14,16,20-21,23-24,26-27,29-30,32-33,39,41,52-53,55,58,60H,6-7,9,11-13,15,17-19,22,25,28,31,34-38,40,42-51H2,1-5H3,(H-,56,59,61,62)/p+1/b10-8-,16-14-,21-20-,24-23-,27-26-,30-29-,33-32-,41-39+. The third-order valence-corrected chi connectivity index (χ3v) is 11.9. The Balaban J connectivity index is 4.36. The molecule has 0 saturated carbocycles. The van der Waals surface area contributed by atoms with Crippen LogP contribution in [0.15, 0.2) is 97.2 Å². The molecule has 0 aromatic heterocycles. The molecule has 0 bridgehead atoms. The molecular formula is C55H98N2O7P+. The van der Waals surface area contributed by atoms with Crippen LogP contribution in [0.3, 0.4) is 0 Å². The number of likely N-dealkylation sites (N-methyl/N-ethyl adjacent to an activating group) is 1. The number of unbranched alkanes of at least 4 members (excludes halogenated alkanes) is 15. The highest BCUT2D eigenvalue weighted by Crippen LogP contribution is 2.43. The van der Waals surface area contributed by atoms with Crippen LogP contribution < -0.4 is 5.32 Å². The molecule has 4 unspecified atom stereocenters. The molecule has 4 atom stereocenters. The molecule has 0 saturated heterocycles. The molecule has 0 aromatic carbocycles. The topological polar surface area (TPSA) is 125 Å². The van der Waals surface area contributed by atoms with Crippen molar-refractivity contribution >= 4 is 13.7 Å². The Hall–Kier alpha value is -2.62. The molecular weight excluding hydrogens is 832 g/mol. The zero-order valence-corrected chi connectivity index (χ0v) is 42.9. The fourth-order valence-electron chi connectivity index (χ4n) is 6.83. The van der Waals surface area contributed by atoms with Crippen LogP contribution in [0, 0.1) is 0 Å². The van der Waals surface area contributed by atoms with E-state index in [2.05, 4.69) is 116 Å². The molecule has 0 heterocycles. The van der Waals surface area contributed by atoms with Crippen molar-refractivity contribution in [3.05, 3.63) is 97.2 Å². The largest absolute Gasteiger partial charge is 0.472 e. The second-order valence-electron chi connectivity index (χ2n) is 18.3. The van der Waals surface area contributed by atoms with Crippen molar-refractivity contribution in [1.29, 1.82) is 0 Å². The molecule has 0 aromatic rings. The van der Waals surface area contributed by atoms with Gasteiger partial charge in [0.05, 0.1) is 39.9 Å². The van der Waals surface area contributed by atoms with Gasteiger partial charge in [0, 0.05) is 6.42 Å². The number of hydrogen-bond donors (Lipinski definition) is 4.